The van der Waals surface area contributed by atoms with E-state index in [4.69, 9.17) is 9.40 Å². The van der Waals surface area contributed by atoms with E-state index in [9.17, 15) is 5.11 Å². The molecule has 2 saturated carbocycles. The highest BCUT2D eigenvalue weighted by Crippen LogP contribution is 2.49. The molecule has 1 aliphatic heterocycles. The molecule has 0 radical (unpaired) electrons. The third-order valence-electron chi connectivity index (χ3n) is 5.48. The van der Waals surface area contributed by atoms with Gasteiger partial charge in [0.1, 0.15) is 0 Å². The van der Waals surface area contributed by atoms with Crippen LogP contribution in [0.15, 0.2) is 0 Å². The molecule has 3 atom stereocenters. The fourth-order valence-electron chi connectivity index (χ4n) is 4.72. The minimum Gasteiger partial charge on any atom is -0.390 e. The summed E-state index contributed by atoms with van der Waals surface area (Å²) >= 11 is 3.64. The van der Waals surface area contributed by atoms with Crippen LogP contribution in [0.2, 0.25) is 0 Å². The van der Waals surface area contributed by atoms with Gasteiger partial charge in [-0.3, -0.25) is 4.66 Å². The molecule has 2 N–H and O–H groups in total. The Morgan fingerprint density at radius 2 is 1.41 bits per heavy atom. The Kier molecular flexibility index (Phi) is 6.78. The number of rotatable bonds is 0. The highest BCUT2D eigenvalue weighted by Gasteiger charge is 2.46. The molecule has 3 rings (SSSR count). The smallest absolute Gasteiger partial charge is 0.0660 e. The van der Waals surface area contributed by atoms with Gasteiger partial charge < -0.3 is 9.84 Å². The third kappa shape index (κ3) is 5.99. The van der Waals surface area contributed by atoms with Crippen molar-refractivity contribution in [3.05, 3.63) is 0 Å². The zero-order chi connectivity index (χ0) is 17.1. The maximum Gasteiger partial charge on any atom is 0.0660 e. The lowest BCUT2D eigenvalue weighted by atomic mass is 9.71. The molecule has 2 aliphatic carbocycles. The first-order valence-corrected chi connectivity index (χ1v) is 8.91. The van der Waals surface area contributed by atoms with Crippen LogP contribution >= 0.6 is 11.9 Å². The minimum atomic E-state index is -0.387. The Labute approximate surface area is 141 Å². The molecule has 3 unspecified atom stereocenters. The van der Waals surface area contributed by atoms with Gasteiger partial charge in [-0.1, -0.05) is 27.2 Å². The maximum absolute atomic E-state index is 9.71. The van der Waals surface area contributed by atoms with Gasteiger partial charge in [0, 0.05) is 0 Å². The molecule has 0 aromatic heterocycles. The first-order chi connectivity index (χ1) is 10.0. The van der Waals surface area contributed by atoms with E-state index < -0.39 is 0 Å². The zero-order valence-corrected chi connectivity index (χ0v) is 15.8. The molecule has 0 aromatic carbocycles. The lowest BCUT2D eigenvalue weighted by Crippen LogP contribution is -2.35. The molecular weight excluding hydrogens is 300 g/mol. The number of hydrogen-bond donors (Lipinski definition) is 2. The van der Waals surface area contributed by atoms with Gasteiger partial charge in [-0.15, -0.1) is 0 Å². The Balaban J connectivity index is 0.000000198. The molecule has 0 aromatic rings. The minimum absolute atomic E-state index is 0.257. The Morgan fingerprint density at radius 1 is 0.818 bits per heavy atom. The zero-order valence-electron chi connectivity index (χ0n) is 15.0. The van der Waals surface area contributed by atoms with Crippen molar-refractivity contribution < 1.29 is 14.5 Å². The quantitative estimate of drug-likeness (QED) is 0.667. The van der Waals surface area contributed by atoms with E-state index in [1.165, 1.54) is 38.5 Å². The van der Waals surface area contributed by atoms with E-state index in [0.717, 1.165) is 19.4 Å². The van der Waals surface area contributed by atoms with Crippen LogP contribution in [0.5, 0.6) is 0 Å². The number of aliphatic hydroxyl groups is 1. The summed E-state index contributed by atoms with van der Waals surface area (Å²) in [4.78, 5) is 0. The predicted octanol–water partition coefficient (Wildman–Crippen LogP) is 4.83. The SMILES string of the molecule is CC1(C)CCCC(C)(O)C1.CC12CCCC(C)(C1)OC2.OCl. The topological polar surface area (TPSA) is 49.7 Å². The second kappa shape index (κ2) is 7.38. The van der Waals surface area contributed by atoms with Crippen LogP contribution in [0, 0.1) is 10.8 Å². The van der Waals surface area contributed by atoms with Gasteiger partial charge in [0.05, 0.1) is 29.7 Å². The second-order valence-corrected chi connectivity index (χ2v) is 9.27. The molecular formula is C18H35ClO3. The van der Waals surface area contributed by atoms with Crippen LogP contribution in [0.4, 0.5) is 0 Å². The van der Waals surface area contributed by atoms with Crippen LogP contribution in [0.3, 0.4) is 0 Å². The highest BCUT2D eigenvalue weighted by atomic mass is 35.5. The fourth-order valence-corrected chi connectivity index (χ4v) is 4.72. The van der Waals surface area contributed by atoms with Crippen LogP contribution in [-0.4, -0.2) is 27.6 Å². The van der Waals surface area contributed by atoms with Gasteiger partial charge in [-0.2, -0.15) is 0 Å². The molecule has 3 aliphatic rings. The monoisotopic (exact) mass is 334 g/mol. The molecule has 4 heteroatoms. The van der Waals surface area contributed by atoms with Crippen LogP contribution < -0.4 is 0 Å². The van der Waals surface area contributed by atoms with Gasteiger partial charge in [-0.25, -0.2) is 0 Å². The Bertz CT molecular complexity index is 326. The average Bonchev–Trinajstić information content (AvgIpc) is 2.58. The molecule has 3 nitrogen and oxygen atoms in total. The third-order valence-corrected chi connectivity index (χ3v) is 5.48. The second-order valence-electron chi connectivity index (χ2n) is 9.27. The lowest BCUT2D eigenvalue weighted by Gasteiger charge is -2.39. The lowest BCUT2D eigenvalue weighted by molar-refractivity contribution is -0.0231. The number of halogens is 1. The normalized spacial score (nSPS) is 42.5. The molecule has 132 valence electrons. The van der Waals surface area contributed by atoms with Gasteiger partial charge in [0.25, 0.3) is 0 Å². The Hall–Kier alpha value is 0.170. The summed E-state index contributed by atoms with van der Waals surface area (Å²) in [5.41, 5.74) is 0.767. The summed E-state index contributed by atoms with van der Waals surface area (Å²) < 4.78 is 12.2. The molecule has 3 fully saturated rings. The molecule has 0 amide bonds. The van der Waals surface area contributed by atoms with Crippen molar-refractivity contribution in [1.82, 2.24) is 0 Å². The number of ether oxygens (including phenoxy) is 1. The van der Waals surface area contributed by atoms with Crippen molar-refractivity contribution in [2.75, 3.05) is 6.61 Å². The molecule has 22 heavy (non-hydrogen) atoms. The summed E-state index contributed by atoms with van der Waals surface area (Å²) in [5.74, 6) is 0. The maximum atomic E-state index is 9.71. The summed E-state index contributed by atoms with van der Waals surface area (Å²) in [6, 6.07) is 0. The molecule has 1 heterocycles. The first-order valence-electron chi connectivity index (χ1n) is 8.57. The van der Waals surface area contributed by atoms with Crippen molar-refractivity contribution in [2.24, 2.45) is 10.8 Å². The summed E-state index contributed by atoms with van der Waals surface area (Å²) in [7, 11) is 0. The van der Waals surface area contributed by atoms with E-state index >= 15 is 0 Å². The summed E-state index contributed by atoms with van der Waals surface area (Å²) in [5, 5.41) is 9.71. The van der Waals surface area contributed by atoms with Crippen molar-refractivity contribution in [3.8, 4) is 0 Å². The molecule has 2 bridgehead atoms. The van der Waals surface area contributed by atoms with Crippen LogP contribution in [0.25, 0.3) is 0 Å². The van der Waals surface area contributed by atoms with Crippen molar-refractivity contribution in [2.45, 2.75) is 97.2 Å². The van der Waals surface area contributed by atoms with Gasteiger partial charge in [0.2, 0.25) is 0 Å². The van der Waals surface area contributed by atoms with Crippen LogP contribution in [-0.2, 0) is 4.74 Å². The molecule has 0 spiro atoms. The van der Waals surface area contributed by atoms with Crippen LogP contribution in [0.1, 0.15) is 86.0 Å². The summed E-state index contributed by atoms with van der Waals surface area (Å²) in [6.07, 6.45) is 9.71. The largest absolute Gasteiger partial charge is 0.390 e. The van der Waals surface area contributed by atoms with E-state index in [0.29, 0.717) is 10.8 Å². The van der Waals surface area contributed by atoms with E-state index in [1.807, 2.05) is 6.92 Å². The molecule has 1 saturated heterocycles. The van der Waals surface area contributed by atoms with Crippen molar-refractivity contribution in [1.29, 1.82) is 0 Å². The van der Waals surface area contributed by atoms with Crippen molar-refractivity contribution >= 4 is 11.9 Å². The predicted molar refractivity (Wildman–Crippen MR) is 91.9 cm³/mol. The van der Waals surface area contributed by atoms with Gasteiger partial charge >= 0.3 is 0 Å². The van der Waals surface area contributed by atoms with Gasteiger partial charge in [0.15, 0.2) is 0 Å². The van der Waals surface area contributed by atoms with E-state index in [1.54, 1.807) is 0 Å². The van der Waals surface area contributed by atoms with Gasteiger partial charge in [-0.05, 0) is 69.6 Å². The number of hydrogen-bond acceptors (Lipinski definition) is 3. The van der Waals surface area contributed by atoms with Crippen molar-refractivity contribution in [3.63, 3.8) is 0 Å². The first kappa shape index (κ1) is 20.2. The highest BCUT2D eigenvalue weighted by molar-refractivity contribution is 6.04. The Morgan fingerprint density at radius 3 is 1.82 bits per heavy atom. The van der Waals surface area contributed by atoms with E-state index in [-0.39, 0.29) is 11.2 Å². The fraction of sp³-hybridized carbons (Fsp3) is 1.00. The standard InChI is InChI=1S/C9H16O.C9H18O.ClHO/c1-8-4-3-5-9(2,6-8)10-7-8;1-8(2)5-4-6-9(3,10)7-8;1-2/h3-7H2,1-2H3;10H,4-7H2,1-3H3;2H. The number of fused-ring (bicyclic) bond motifs is 2. The average molecular weight is 335 g/mol. The summed E-state index contributed by atoms with van der Waals surface area (Å²) in [6.45, 7) is 12.0. The van der Waals surface area contributed by atoms with E-state index in [2.05, 4.69) is 39.6 Å².